The van der Waals surface area contributed by atoms with Crippen molar-refractivity contribution in [2.75, 3.05) is 33.2 Å². The Morgan fingerprint density at radius 1 is 0.745 bits per heavy atom. The highest BCUT2D eigenvalue weighted by Gasteiger charge is 2.39. The van der Waals surface area contributed by atoms with Crippen LogP contribution in [0.3, 0.4) is 0 Å². The van der Waals surface area contributed by atoms with Crippen molar-refractivity contribution < 1.29 is 19.1 Å². The summed E-state index contributed by atoms with van der Waals surface area (Å²) in [5.41, 5.74) is 11.2. The van der Waals surface area contributed by atoms with E-state index in [2.05, 4.69) is 92.5 Å². The van der Waals surface area contributed by atoms with Gasteiger partial charge in [0, 0.05) is 26.7 Å². The van der Waals surface area contributed by atoms with Crippen molar-refractivity contribution in [3.05, 3.63) is 72.6 Å². The summed E-state index contributed by atoms with van der Waals surface area (Å²) < 4.78 is 5.18. The van der Waals surface area contributed by atoms with Gasteiger partial charge in [0.15, 0.2) is 12.1 Å². The number of guanidine groups is 1. The molecule has 4 aromatic rings. The number of rotatable bonds is 11. The molecule has 0 aliphatic carbocycles. The third kappa shape index (κ3) is 7.94. The molecule has 2 aromatic heterocycles. The van der Waals surface area contributed by atoms with Gasteiger partial charge in [-0.1, -0.05) is 76.2 Å². The number of aliphatic imine (C=N–C) groups is 1. The Bertz CT molecular complexity index is 2020. The third-order valence-electron chi connectivity index (χ3n) is 11.0. The maximum absolute atomic E-state index is 13.9. The topological polar surface area (TPSA) is 178 Å². The molecule has 14 nitrogen and oxygen atoms in total. The molecule has 2 saturated heterocycles. The predicted octanol–water partition coefficient (Wildman–Crippen LogP) is 5.50. The molecule has 0 unspecified atom stereocenters. The number of benzene rings is 2. The molecule has 3 aliphatic rings. The van der Waals surface area contributed by atoms with Crippen LogP contribution >= 0.6 is 0 Å². The lowest BCUT2D eigenvalue weighted by Gasteiger charge is -2.31. The molecule has 55 heavy (non-hydrogen) atoms. The number of aromatic amines is 2. The van der Waals surface area contributed by atoms with E-state index in [-0.39, 0.29) is 41.8 Å². The van der Waals surface area contributed by atoms with E-state index in [0.717, 1.165) is 84.2 Å². The van der Waals surface area contributed by atoms with Crippen LogP contribution in [0.15, 0.2) is 65.9 Å². The molecule has 14 heteroatoms. The van der Waals surface area contributed by atoms with E-state index in [0.29, 0.717) is 18.9 Å². The van der Waals surface area contributed by atoms with Crippen LogP contribution in [0.2, 0.25) is 0 Å². The van der Waals surface area contributed by atoms with Gasteiger partial charge in [-0.05, 0) is 59.8 Å². The summed E-state index contributed by atoms with van der Waals surface area (Å²) in [4.78, 5) is 65.4. The minimum atomic E-state index is -0.955. The van der Waals surface area contributed by atoms with Gasteiger partial charge in [-0.3, -0.25) is 14.6 Å². The monoisotopic (exact) mass is 748 g/mol. The van der Waals surface area contributed by atoms with E-state index in [4.69, 9.17) is 15.5 Å². The Kier molecular flexibility index (Phi) is 10.9. The van der Waals surface area contributed by atoms with Gasteiger partial charge in [-0.25, -0.2) is 14.8 Å². The summed E-state index contributed by atoms with van der Waals surface area (Å²) in [6, 6.07) is 16.0. The van der Waals surface area contributed by atoms with Gasteiger partial charge in [0.25, 0.3) is 5.91 Å². The van der Waals surface area contributed by atoms with E-state index in [9.17, 15) is 14.4 Å². The zero-order valence-electron chi connectivity index (χ0n) is 32.3. The van der Waals surface area contributed by atoms with Crippen LogP contribution < -0.4 is 11.1 Å². The van der Waals surface area contributed by atoms with Crippen molar-refractivity contribution in [2.45, 2.75) is 77.6 Å². The Balaban J connectivity index is 0.997. The van der Waals surface area contributed by atoms with E-state index < -0.39 is 12.2 Å². The predicted molar refractivity (Wildman–Crippen MR) is 210 cm³/mol. The Morgan fingerprint density at radius 3 is 1.67 bits per heavy atom. The largest absolute Gasteiger partial charge is 0.436 e. The number of likely N-dealkylation sites (N-methyl/N-ethyl adjacent to an activating group) is 1. The second kappa shape index (κ2) is 16.0. The van der Waals surface area contributed by atoms with Gasteiger partial charge in [0.1, 0.15) is 17.7 Å². The van der Waals surface area contributed by atoms with Gasteiger partial charge >= 0.3 is 6.09 Å². The standard InChI is InChI=1S/C41H52N10O4/c1-24(2)34(48-41-43-18-21-49(41)5)38(52)50-19-6-8-32(50)36-44-22-30(46-36)28-14-10-26(11-15-28)27-12-16-29(17-13-27)31-23-45-37(47-31)33-9-7-20-51(33)39(53)35(25(3)4)55-40(42)54/h10-17,22-25,32-35H,6-9,18-21H2,1-5H3,(H2,42,54)(H,43,48)(H,44,46)(H,45,47)/t32-,33-,34+,35-/m0/s1. The highest BCUT2D eigenvalue weighted by atomic mass is 16.6. The van der Waals surface area contributed by atoms with Crippen molar-refractivity contribution in [3.63, 3.8) is 0 Å². The normalized spacial score (nSPS) is 19.6. The van der Waals surface area contributed by atoms with Gasteiger partial charge in [0.05, 0.1) is 42.4 Å². The summed E-state index contributed by atoms with van der Waals surface area (Å²) in [6.07, 6.45) is 5.15. The molecule has 7 rings (SSSR count). The fourth-order valence-corrected chi connectivity index (χ4v) is 7.90. The number of carbonyl (C=O) groups excluding carboxylic acids is 3. The number of hydrogen-bond donors (Lipinski definition) is 4. The molecule has 5 heterocycles. The molecule has 2 fully saturated rings. The number of aromatic nitrogens is 4. The maximum Gasteiger partial charge on any atom is 0.405 e. The number of H-pyrrole nitrogens is 2. The van der Waals surface area contributed by atoms with Gasteiger partial charge in [-0.2, -0.15) is 0 Å². The van der Waals surface area contributed by atoms with Gasteiger partial charge in [0.2, 0.25) is 5.91 Å². The van der Waals surface area contributed by atoms with Crippen LogP contribution in [-0.4, -0.2) is 104 Å². The van der Waals surface area contributed by atoms with Crippen molar-refractivity contribution in [3.8, 4) is 33.6 Å². The van der Waals surface area contributed by atoms with Crippen LogP contribution in [-0.2, 0) is 14.3 Å². The number of primary amides is 1. The SMILES string of the molecule is CC(C)[C@H](OC(N)=O)C(=O)N1CCC[C@H]1c1ncc(-c2ccc(-c3ccc(-c4cnc([C@@H]5CCCN5C(=O)[C@H](NC5=NCCN5C)C(C)C)[nH]4)cc3)cc2)[nH]1. The maximum atomic E-state index is 13.9. The molecular formula is C41H52N10O4. The molecule has 0 saturated carbocycles. The molecule has 0 radical (unpaired) electrons. The zero-order valence-corrected chi connectivity index (χ0v) is 32.3. The Hall–Kier alpha value is -5.66. The van der Waals surface area contributed by atoms with E-state index >= 15 is 0 Å². The highest BCUT2D eigenvalue weighted by molar-refractivity contribution is 5.90. The second-order valence-corrected chi connectivity index (χ2v) is 15.5. The second-order valence-electron chi connectivity index (χ2n) is 15.5. The first kappa shape index (κ1) is 37.6. The van der Waals surface area contributed by atoms with Crippen molar-refractivity contribution >= 4 is 23.9 Å². The first-order chi connectivity index (χ1) is 26.5. The van der Waals surface area contributed by atoms with Crippen LogP contribution in [0.4, 0.5) is 4.79 Å². The number of nitrogens with two attached hydrogens (primary N) is 1. The Morgan fingerprint density at radius 2 is 1.24 bits per heavy atom. The molecular weight excluding hydrogens is 697 g/mol. The molecule has 4 atom stereocenters. The zero-order chi connectivity index (χ0) is 38.8. The summed E-state index contributed by atoms with van der Waals surface area (Å²) in [7, 11) is 2.00. The number of likely N-dealkylation sites (tertiary alicyclic amines) is 2. The van der Waals surface area contributed by atoms with Gasteiger partial charge < -0.3 is 40.5 Å². The third-order valence-corrected chi connectivity index (χ3v) is 11.0. The fraction of sp³-hybridized carbons (Fsp3) is 0.463. The fourth-order valence-electron chi connectivity index (χ4n) is 7.90. The number of imidazole rings is 2. The van der Waals surface area contributed by atoms with Crippen molar-refractivity contribution in [1.82, 2.24) is 40.0 Å². The lowest BCUT2D eigenvalue weighted by Crippen LogP contribution is -2.53. The van der Waals surface area contributed by atoms with Gasteiger partial charge in [-0.15, -0.1) is 0 Å². The number of nitrogens with one attached hydrogen (secondary N) is 3. The quantitative estimate of drug-likeness (QED) is 0.155. The molecule has 5 N–H and O–H groups in total. The molecule has 3 aliphatic heterocycles. The number of nitrogens with zero attached hydrogens (tertiary/aromatic N) is 6. The van der Waals surface area contributed by atoms with Crippen molar-refractivity contribution in [2.24, 2.45) is 22.6 Å². The number of hydrogen-bond acceptors (Lipinski definition) is 9. The minimum Gasteiger partial charge on any atom is -0.436 e. The summed E-state index contributed by atoms with van der Waals surface area (Å²) >= 11 is 0. The molecule has 290 valence electrons. The van der Waals surface area contributed by atoms with Crippen LogP contribution in [0.5, 0.6) is 0 Å². The van der Waals surface area contributed by atoms with Crippen LogP contribution in [0, 0.1) is 11.8 Å². The first-order valence-electron chi connectivity index (χ1n) is 19.4. The average molecular weight is 749 g/mol. The molecule has 0 spiro atoms. The van der Waals surface area contributed by atoms with Crippen LogP contribution in [0.1, 0.15) is 77.1 Å². The lowest BCUT2D eigenvalue weighted by atomic mass is 10.0. The first-order valence-corrected chi connectivity index (χ1v) is 19.4. The van der Waals surface area contributed by atoms with E-state index in [1.54, 1.807) is 11.1 Å². The molecule has 3 amide bonds. The average Bonchev–Trinajstić information content (AvgIpc) is 4.02. The molecule has 2 aromatic carbocycles. The summed E-state index contributed by atoms with van der Waals surface area (Å²) in [5, 5.41) is 3.42. The smallest absolute Gasteiger partial charge is 0.405 e. The molecule has 0 bridgehead atoms. The minimum absolute atomic E-state index is 0.0859. The van der Waals surface area contributed by atoms with E-state index in [1.165, 1.54) is 0 Å². The van der Waals surface area contributed by atoms with E-state index in [1.807, 2.05) is 32.0 Å². The summed E-state index contributed by atoms with van der Waals surface area (Å²) in [6.45, 7) is 10.7. The number of amides is 3. The highest BCUT2D eigenvalue weighted by Crippen LogP contribution is 2.35. The lowest BCUT2D eigenvalue weighted by molar-refractivity contribution is -0.143. The van der Waals surface area contributed by atoms with Crippen molar-refractivity contribution in [1.29, 1.82) is 0 Å². The summed E-state index contributed by atoms with van der Waals surface area (Å²) in [5.74, 6) is 2.03. The number of ether oxygens (including phenoxy) is 1. The Labute approximate surface area is 321 Å². The number of carbonyl (C=O) groups is 3. The van der Waals surface area contributed by atoms with Crippen LogP contribution in [0.25, 0.3) is 33.6 Å².